The van der Waals surface area contributed by atoms with Crippen LogP contribution in [0.25, 0.3) is 0 Å². The molecule has 0 unspecified atom stereocenters. The smallest absolute Gasteiger partial charge is 0.115 e. The number of rotatable bonds is 4. The molecule has 0 atom stereocenters. The van der Waals surface area contributed by atoms with Gasteiger partial charge in [-0.05, 0) is 31.4 Å². The van der Waals surface area contributed by atoms with E-state index in [1.807, 2.05) is 0 Å². The number of aromatic nitrogens is 2. The molecule has 0 aromatic carbocycles. The van der Waals surface area contributed by atoms with Crippen LogP contribution in [0.15, 0.2) is 6.33 Å². The van der Waals surface area contributed by atoms with E-state index in [0.29, 0.717) is 6.54 Å². The number of nitrogens with two attached hydrogens (primary N) is 1. The normalized spacial score (nSPS) is 10.4. The summed E-state index contributed by atoms with van der Waals surface area (Å²) in [6, 6.07) is 0. The fourth-order valence-electron chi connectivity index (χ4n) is 1.53. The first-order valence-electron chi connectivity index (χ1n) is 4.85. The highest BCUT2D eigenvalue weighted by molar-refractivity contribution is 5.25. The Morgan fingerprint density at radius 2 is 1.69 bits per heavy atom. The average Bonchev–Trinajstić information content (AvgIpc) is 2.18. The molecule has 0 saturated carbocycles. The molecule has 1 rings (SSSR count). The molecular weight excluding hydrogens is 162 g/mol. The minimum Gasteiger partial charge on any atom is -0.330 e. The Hall–Kier alpha value is -0.960. The first-order valence-corrected chi connectivity index (χ1v) is 4.85. The van der Waals surface area contributed by atoms with Gasteiger partial charge in [0, 0.05) is 11.4 Å². The highest BCUT2D eigenvalue weighted by Gasteiger charge is 2.06. The van der Waals surface area contributed by atoms with Gasteiger partial charge in [0.1, 0.15) is 6.33 Å². The monoisotopic (exact) mass is 179 g/mol. The third-order valence-corrected chi connectivity index (χ3v) is 2.19. The molecule has 0 fully saturated rings. The fraction of sp³-hybridized carbons (Fsp3) is 0.600. The van der Waals surface area contributed by atoms with Crippen LogP contribution in [-0.2, 0) is 19.3 Å². The van der Waals surface area contributed by atoms with Crippen LogP contribution in [-0.4, -0.2) is 16.5 Å². The Balaban J connectivity index is 3.05. The van der Waals surface area contributed by atoms with E-state index in [1.54, 1.807) is 6.33 Å². The number of aryl methyl sites for hydroxylation is 2. The van der Waals surface area contributed by atoms with E-state index in [1.165, 1.54) is 5.56 Å². The second kappa shape index (κ2) is 4.92. The van der Waals surface area contributed by atoms with Crippen molar-refractivity contribution < 1.29 is 0 Å². The van der Waals surface area contributed by atoms with E-state index in [4.69, 9.17) is 5.73 Å². The zero-order valence-corrected chi connectivity index (χ0v) is 8.38. The summed E-state index contributed by atoms with van der Waals surface area (Å²) in [7, 11) is 0. The van der Waals surface area contributed by atoms with Crippen LogP contribution in [0.4, 0.5) is 0 Å². The van der Waals surface area contributed by atoms with Crippen molar-refractivity contribution in [3.63, 3.8) is 0 Å². The van der Waals surface area contributed by atoms with Gasteiger partial charge in [-0.3, -0.25) is 0 Å². The number of hydrogen-bond acceptors (Lipinski definition) is 3. The molecule has 13 heavy (non-hydrogen) atoms. The number of hydrogen-bond donors (Lipinski definition) is 1. The van der Waals surface area contributed by atoms with Gasteiger partial charge < -0.3 is 5.73 Å². The van der Waals surface area contributed by atoms with Crippen LogP contribution in [0.1, 0.15) is 30.8 Å². The van der Waals surface area contributed by atoms with Crippen molar-refractivity contribution in [2.45, 2.75) is 33.1 Å². The summed E-state index contributed by atoms with van der Waals surface area (Å²) in [5.74, 6) is 0. The minimum absolute atomic E-state index is 0.674. The maximum atomic E-state index is 5.55. The van der Waals surface area contributed by atoms with Gasteiger partial charge in [0.25, 0.3) is 0 Å². The van der Waals surface area contributed by atoms with Crippen molar-refractivity contribution in [2.24, 2.45) is 5.73 Å². The Labute approximate surface area is 79.4 Å². The minimum atomic E-state index is 0.674. The fourth-order valence-corrected chi connectivity index (χ4v) is 1.53. The first-order chi connectivity index (χ1) is 6.33. The average molecular weight is 179 g/mol. The molecule has 0 aliphatic rings. The molecular formula is C10H17N3. The Kier molecular flexibility index (Phi) is 3.83. The van der Waals surface area contributed by atoms with Crippen LogP contribution < -0.4 is 5.73 Å². The summed E-state index contributed by atoms with van der Waals surface area (Å²) < 4.78 is 0. The molecule has 72 valence electrons. The lowest BCUT2D eigenvalue weighted by atomic mass is 10.0. The lowest BCUT2D eigenvalue weighted by Crippen LogP contribution is -2.10. The van der Waals surface area contributed by atoms with E-state index in [2.05, 4.69) is 23.8 Å². The zero-order chi connectivity index (χ0) is 9.68. The van der Waals surface area contributed by atoms with E-state index in [0.717, 1.165) is 30.7 Å². The van der Waals surface area contributed by atoms with Gasteiger partial charge in [-0.15, -0.1) is 0 Å². The summed E-state index contributed by atoms with van der Waals surface area (Å²) in [4.78, 5) is 8.52. The Morgan fingerprint density at radius 3 is 2.08 bits per heavy atom. The highest BCUT2D eigenvalue weighted by Crippen LogP contribution is 2.11. The van der Waals surface area contributed by atoms with Gasteiger partial charge in [0.15, 0.2) is 0 Å². The van der Waals surface area contributed by atoms with Crippen molar-refractivity contribution in [3.8, 4) is 0 Å². The molecule has 3 heteroatoms. The topological polar surface area (TPSA) is 51.8 Å². The van der Waals surface area contributed by atoms with Gasteiger partial charge in [-0.1, -0.05) is 13.8 Å². The maximum Gasteiger partial charge on any atom is 0.115 e. The van der Waals surface area contributed by atoms with Crippen LogP contribution in [0.2, 0.25) is 0 Å². The SMILES string of the molecule is CCc1ncnc(CC)c1CCN. The van der Waals surface area contributed by atoms with E-state index < -0.39 is 0 Å². The summed E-state index contributed by atoms with van der Waals surface area (Å²) in [5.41, 5.74) is 9.11. The van der Waals surface area contributed by atoms with E-state index >= 15 is 0 Å². The molecule has 2 N–H and O–H groups in total. The van der Waals surface area contributed by atoms with Crippen molar-refractivity contribution in [2.75, 3.05) is 6.54 Å². The summed E-state index contributed by atoms with van der Waals surface area (Å²) in [5, 5.41) is 0. The van der Waals surface area contributed by atoms with Crippen LogP contribution in [0, 0.1) is 0 Å². The predicted octanol–water partition coefficient (Wildman–Crippen LogP) is 1.10. The summed E-state index contributed by atoms with van der Waals surface area (Å²) >= 11 is 0. The van der Waals surface area contributed by atoms with Gasteiger partial charge in [0.05, 0.1) is 0 Å². The molecule has 0 amide bonds. The van der Waals surface area contributed by atoms with E-state index in [9.17, 15) is 0 Å². The molecule has 0 spiro atoms. The third kappa shape index (κ3) is 2.25. The first kappa shape index (κ1) is 10.1. The lowest BCUT2D eigenvalue weighted by molar-refractivity contribution is 0.840. The van der Waals surface area contributed by atoms with Crippen molar-refractivity contribution in [3.05, 3.63) is 23.3 Å². The lowest BCUT2D eigenvalue weighted by Gasteiger charge is -2.09. The van der Waals surface area contributed by atoms with E-state index in [-0.39, 0.29) is 0 Å². The highest BCUT2D eigenvalue weighted by atomic mass is 14.8. The molecule has 1 heterocycles. The zero-order valence-electron chi connectivity index (χ0n) is 8.38. The number of nitrogens with zero attached hydrogens (tertiary/aromatic N) is 2. The second-order valence-electron chi connectivity index (χ2n) is 2.99. The molecule has 0 saturated heterocycles. The van der Waals surface area contributed by atoms with Gasteiger partial charge in [-0.2, -0.15) is 0 Å². The summed E-state index contributed by atoms with van der Waals surface area (Å²) in [6.07, 6.45) is 4.47. The maximum absolute atomic E-state index is 5.55. The molecule has 0 bridgehead atoms. The molecule has 1 aromatic heterocycles. The van der Waals surface area contributed by atoms with Crippen LogP contribution in [0.3, 0.4) is 0 Å². The second-order valence-corrected chi connectivity index (χ2v) is 2.99. The standard InChI is InChI=1S/C10H17N3/c1-3-9-8(5-6-11)10(4-2)13-7-12-9/h7H,3-6,11H2,1-2H3. The quantitative estimate of drug-likeness (QED) is 0.753. The molecule has 0 aliphatic heterocycles. The third-order valence-electron chi connectivity index (χ3n) is 2.19. The Morgan fingerprint density at radius 1 is 1.15 bits per heavy atom. The van der Waals surface area contributed by atoms with Gasteiger partial charge in [0.2, 0.25) is 0 Å². The molecule has 0 aliphatic carbocycles. The molecule has 1 aromatic rings. The van der Waals surface area contributed by atoms with Crippen molar-refractivity contribution in [1.29, 1.82) is 0 Å². The van der Waals surface area contributed by atoms with Crippen molar-refractivity contribution >= 4 is 0 Å². The Bertz CT molecular complexity index is 249. The molecule has 3 nitrogen and oxygen atoms in total. The largest absolute Gasteiger partial charge is 0.330 e. The van der Waals surface area contributed by atoms with Crippen LogP contribution in [0.5, 0.6) is 0 Å². The summed E-state index contributed by atoms with van der Waals surface area (Å²) in [6.45, 7) is 4.90. The van der Waals surface area contributed by atoms with Gasteiger partial charge in [-0.25, -0.2) is 9.97 Å². The predicted molar refractivity (Wildman–Crippen MR) is 53.5 cm³/mol. The molecule has 0 radical (unpaired) electrons. The van der Waals surface area contributed by atoms with Crippen molar-refractivity contribution in [1.82, 2.24) is 9.97 Å². The van der Waals surface area contributed by atoms with Crippen LogP contribution >= 0.6 is 0 Å². The van der Waals surface area contributed by atoms with Gasteiger partial charge >= 0.3 is 0 Å².